The van der Waals surface area contributed by atoms with Crippen molar-refractivity contribution < 1.29 is 0 Å². The second-order valence-electron chi connectivity index (χ2n) is 14.7. The molecule has 5 nitrogen and oxygen atoms in total. The van der Waals surface area contributed by atoms with Gasteiger partial charge in [0, 0.05) is 35.2 Å². The van der Waals surface area contributed by atoms with Crippen LogP contribution in [0, 0.1) is 35.5 Å². The molecule has 196 valence electrons. The van der Waals surface area contributed by atoms with Crippen LogP contribution >= 0.6 is 0 Å². The highest BCUT2D eigenvalue weighted by Crippen LogP contribution is 2.62. The number of hydrogen-bond acceptors (Lipinski definition) is 4. The van der Waals surface area contributed by atoms with Gasteiger partial charge < -0.3 is 0 Å². The van der Waals surface area contributed by atoms with Gasteiger partial charge in [-0.1, -0.05) is 18.2 Å². The molecule has 8 aliphatic carbocycles. The third-order valence-electron chi connectivity index (χ3n) is 11.8. The van der Waals surface area contributed by atoms with Crippen molar-refractivity contribution in [1.82, 2.24) is 24.7 Å². The molecule has 0 unspecified atom stereocenters. The van der Waals surface area contributed by atoms with Crippen LogP contribution in [0.1, 0.15) is 88.7 Å². The van der Waals surface area contributed by atoms with Crippen LogP contribution in [0.4, 0.5) is 0 Å². The Kier molecular flexibility index (Phi) is 4.55. The van der Waals surface area contributed by atoms with Gasteiger partial charge in [-0.3, -0.25) is 4.68 Å². The zero-order valence-electron chi connectivity index (χ0n) is 22.6. The van der Waals surface area contributed by atoms with E-state index in [9.17, 15) is 0 Å². The fraction of sp³-hybridized carbons (Fsp3) is 0.636. The third kappa shape index (κ3) is 3.35. The average Bonchev–Trinajstić information content (AvgIpc) is 3.33. The van der Waals surface area contributed by atoms with Gasteiger partial charge >= 0.3 is 0 Å². The molecule has 0 aliphatic heterocycles. The monoisotopic (exact) mass is 505 g/mol. The zero-order chi connectivity index (χ0) is 25.1. The van der Waals surface area contributed by atoms with E-state index in [-0.39, 0.29) is 10.8 Å². The molecule has 38 heavy (non-hydrogen) atoms. The number of hydrogen-bond donors (Lipinski definition) is 0. The fourth-order valence-corrected chi connectivity index (χ4v) is 11.1. The van der Waals surface area contributed by atoms with Crippen LogP contribution in [0.25, 0.3) is 22.6 Å². The van der Waals surface area contributed by atoms with E-state index in [1.807, 2.05) is 17.9 Å². The summed E-state index contributed by atoms with van der Waals surface area (Å²) in [5.74, 6) is 8.55. The minimum absolute atomic E-state index is 0.183. The molecule has 0 N–H and O–H groups in total. The highest BCUT2D eigenvalue weighted by molar-refractivity contribution is 5.67. The molecule has 3 aromatic rings. The summed E-state index contributed by atoms with van der Waals surface area (Å²) in [5.41, 5.74) is 3.62. The largest absolute Gasteiger partial charge is 0.275 e. The molecule has 2 aromatic heterocycles. The zero-order valence-corrected chi connectivity index (χ0v) is 22.6. The summed E-state index contributed by atoms with van der Waals surface area (Å²) < 4.78 is 1.88. The van der Waals surface area contributed by atoms with Crippen LogP contribution in [0.15, 0.2) is 36.5 Å². The molecule has 8 saturated carbocycles. The van der Waals surface area contributed by atoms with Crippen molar-refractivity contribution in [3.8, 4) is 22.6 Å². The molecule has 8 bridgehead atoms. The fourth-order valence-electron chi connectivity index (χ4n) is 11.1. The van der Waals surface area contributed by atoms with Crippen molar-refractivity contribution in [3.05, 3.63) is 48.2 Å². The topological polar surface area (TPSA) is 56.5 Å². The Morgan fingerprint density at radius 3 is 1.55 bits per heavy atom. The minimum Gasteiger partial charge on any atom is -0.275 e. The van der Waals surface area contributed by atoms with Gasteiger partial charge in [-0.2, -0.15) is 5.10 Å². The van der Waals surface area contributed by atoms with Gasteiger partial charge in [-0.05, 0) is 125 Å². The first kappa shape index (κ1) is 22.3. The van der Waals surface area contributed by atoms with Gasteiger partial charge in [0.1, 0.15) is 11.6 Å². The van der Waals surface area contributed by atoms with Crippen LogP contribution in [0.2, 0.25) is 0 Å². The average molecular weight is 506 g/mol. The third-order valence-corrected chi connectivity index (χ3v) is 11.8. The Labute approximate surface area is 225 Å². The summed E-state index contributed by atoms with van der Waals surface area (Å²) in [6, 6.07) is 10.9. The Bertz CT molecular complexity index is 1290. The molecule has 0 spiro atoms. The first-order valence-corrected chi connectivity index (χ1v) is 15.4. The summed E-state index contributed by atoms with van der Waals surface area (Å²) in [4.78, 5) is 16.4. The first-order chi connectivity index (χ1) is 18.5. The van der Waals surface area contributed by atoms with Gasteiger partial charge in [-0.15, -0.1) is 0 Å². The Balaban J connectivity index is 1.20. The highest BCUT2D eigenvalue weighted by Gasteiger charge is 2.56. The van der Waals surface area contributed by atoms with E-state index in [2.05, 4.69) is 35.4 Å². The minimum atomic E-state index is 0.183. The molecule has 0 atom stereocenters. The van der Waals surface area contributed by atoms with E-state index in [0.717, 1.165) is 69.8 Å². The molecular formula is C33H39N5. The van der Waals surface area contributed by atoms with Gasteiger partial charge in [0.2, 0.25) is 0 Å². The SMILES string of the molecule is Cn1ccc(-c2cccc(-c3nc(C45CC6CC(CC(C6)C4)C5)nc(C45CC6CC(CC(C6)C4)C5)n3)c2)n1. The second-order valence-corrected chi connectivity index (χ2v) is 14.7. The summed E-state index contributed by atoms with van der Waals surface area (Å²) >= 11 is 0. The molecule has 8 fully saturated rings. The first-order valence-electron chi connectivity index (χ1n) is 15.4. The van der Waals surface area contributed by atoms with Crippen molar-refractivity contribution in [1.29, 1.82) is 0 Å². The highest BCUT2D eigenvalue weighted by atomic mass is 15.2. The van der Waals surface area contributed by atoms with Crippen molar-refractivity contribution in [2.45, 2.75) is 87.9 Å². The lowest BCUT2D eigenvalue weighted by Crippen LogP contribution is -2.51. The van der Waals surface area contributed by atoms with E-state index in [0.29, 0.717) is 0 Å². The van der Waals surface area contributed by atoms with Crippen LogP contribution < -0.4 is 0 Å². The molecule has 0 saturated heterocycles. The molecular weight excluding hydrogens is 466 g/mol. The molecule has 8 aliphatic rings. The summed E-state index contributed by atoms with van der Waals surface area (Å²) in [6.45, 7) is 0. The normalized spacial score (nSPS) is 40.2. The second kappa shape index (κ2) is 7.76. The molecule has 11 rings (SSSR count). The smallest absolute Gasteiger partial charge is 0.163 e. The summed E-state index contributed by atoms with van der Waals surface area (Å²) in [7, 11) is 1.98. The summed E-state index contributed by atoms with van der Waals surface area (Å²) in [5, 5.41) is 4.67. The molecule has 0 radical (unpaired) electrons. The van der Waals surface area contributed by atoms with E-state index in [1.165, 1.54) is 77.0 Å². The molecule has 2 heterocycles. The Morgan fingerprint density at radius 1 is 0.632 bits per heavy atom. The maximum atomic E-state index is 5.58. The van der Waals surface area contributed by atoms with E-state index in [1.54, 1.807) is 0 Å². The van der Waals surface area contributed by atoms with Crippen LogP contribution in [0.5, 0.6) is 0 Å². The van der Waals surface area contributed by atoms with E-state index < -0.39 is 0 Å². The van der Waals surface area contributed by atoms with Crippen LogP contribution in [-0.4, -0.2) is 24.7 Å². The number of aromatic nitrogens is 5. The predicted molar refractivity (Wildman–Crippen MR) is 147 cm³/mol. The lowest BCUT2D eigenvalue weighted by molar-refractivity contribution is -0.0155. The maximum Gasteiger partial charge on any atom is 0.163 e. The number of aryl methyl sites for hydroxylation is 1. The Hall–Kier alpha value is -2.56. The molecule has 1 aromatic carbocycles. The van der Waals surface area contributed by atoms with E-state index >= 15 is 0 Å². The van der Waals surface area contributed by atoms with Crippen LogP contribution in [-0.2, 0) is 17.9 Å². The van der Waals surface area contributed by atoms with Crippen molar-refractivity contribution in [2.75, 3.05) is 0 Å². The number of rotatable bonds is 4. The van der Waals surface area contributed by atoms with Gasteiger partial charge in [0.15, 0.2) is 5.82 Å². The summed E-state index contributed by atoms with van der Waals surface area (Å²) in [6.07, 6.45) is 18.5. The van der Waals surface area contributed by atoms with Crippen molar-refractivity contribution in [2.24, 2.45) is 42.6 Å². The lowest BCUT2D eigenvalue weighted by Gasteiger charge is -2.57. The van der Waals surface area contributed by atoms with Gasteiger partial charge in [0.05, 0.1) is 5.69 Å². The Morgan fingerprint density at radius 2 is 1.11 bits per heavy atom. The lowest BCUT2D eigenvalue weighted by atomic mass is 9.49. The predicted octanol–water partition coefficient (Wildman–Crippen LogP) is 6.87. The van der Waals surface area contributed by atoms with Crippen molar-refractivity contribution in [3.63, 3.8) is 0 Å². The molecule has 5 heteroatoms. The number of benzene rings is 1. The van der Waals surface area contributed by atoms with Crippen LogP contribution in [0.3, 0.4) is 0 Å². The van der Waals surface area contributed by atoms with Crippen molar-refractivity contribution >= 4 is 0 Å². The standard InChI is InChI=1S/C33H39N5/c1-38-6-5-28(37-38)26-3-2-4-27(13-26)29-34-30(32-14-20-7-21(15-32)9-22(8-20)16-32)36-31(35-29)33-17-23-10-24(18-33)12-25(11-23)19-33/h2-6,13,20-25H,7-12,14-19H2,1H3. The maximum absolute atomic E-state index is 5.58. The quantitative estimate of drug-likeness (QED) is 0.388. The molecule has 0 amide bonds. The van der Waals surface area contributed by atoms with Gasteiger partial charge in [-0.25, -0.2) is 15.0 Å². The van der Waals surface area contributed by atoms with E-state index in [4.69, 9.17) is 15.0 Å². The number of nitrogens with zero attached hydrogens (tertiary/aromatic N) is 5. The van der Waals surface area contributed by atoms with Gasteiger partial charge in [0.25, 0.3) is 0 Å².